The molecule has 0 amide bonds. The highest BCUT2D eigenvalue weighted by atomic mass is 15.0. The summed E-state index contributed by atoms with van der Waals surface area (Å²) in [7, 11) is 0. The van der Waals surface area contributed by atoms with Crippen LogP contribution < -0.4 is 5.32 Å². The first kappa shape index (κ1) is 10.8. The summed E-state index contributed by atoms with van der Waals surface area (Å²) in [6.07, 6.45) is 7.18. The maximum Gasteiger partial charge on any atom is 0.0958 e. The fourth-order valence-corrected chi connectivity index (χ4v) is 2.70. The fourth-order valence-electron chi connectivity index (χ4n) is 2.70. The third kappa shape index (κ3) is 2.34. The number of rotatable bonds is 4. The number of aromatic nitrogens is 2. The van der Waals surface area contributed by atoms with Gasteiger partial charge < -0.3 is 9.88 Å². The first-order valence-electron chi connectivity index (χ1n) is 6.57. The van der Waals surface area contributed by atoms with E-state index in [1.165, 1.54) is 37.7 Å². The summed E-state index contributed by atoms with van der Waals surface area (Å²) in [6.45, 7) is 2.29. The van der Waals surface area contributed by atoms with Crippen molar-refractivity contribution in [1.82, 2.24) is 14.9 Å². The Labute approximate surface area is 102 Å². The van der Waals surface area contributed by atoms with E-state index in [0.29, 0.717) is 0 Å². The summed E-state index contributed by atoms with van der Waals surface area (Å²) < 4.78 is 2.27. The summed E-state index contributed by atoms with van der Waals surface area (Å²) in [5.41, 5.74) is 2.36. The molecule has 0 radical (unpaired) electrons. The number of imidazole rings is 1. The quantitative estimate of drug-likeness (QED) is 0.873. The lowest BCUT2D eigenvalue weighted by molar-refractivity contribution is 0.506. The monoisotopic (exact) mass is 229 g/mol. The molecule has 1 unspecified atom stereocenters. The molecule has 17 heavy (non-hydrogen) atoms. The van der Waals surface area contributed by atoms with E-state index in [-0.39, 0.29) is 0 Å². The lowest BCUT2D eigenvalue weighted by atomic mass is 10.1. The third-order valence-corrected chi connectivity index (χ3v) is 3.64. The van der Waals surface area contributed by atoms with Crippen LogP contribution in [0, 0.1) is 0 Å². The van der Waals surface area contributed by atoms with Gasteiger partial charge in [-0.25, -0.2) is 4.98 Å². The van der Waals surface area contributed by atoms with Gasteiger partial charge in [0.1, 0.15) is 0 Å². The Balaban J connectivity index is 1.60. The predicted octanol–water partition coefficient (Wildman–Crippen LogP) is 2.57. The first-order valence-corrected chi connectivity index (χ1v) is 6.57. The van der Waals surface area contributed by atoms with Gasteiger partial charge in [0.15, 0.2) is 0 Å². The maximum absolute atomic E-state index is 4.42. The molecule has 3 nitrogen and oxygen atoms in total. The zero-order chi connectivity index (χ0) is 11.5. The van der Waals surface area contributed by atoms with Crippen LogP contribution in [0.2, 0.25) is 0 Å². The zero-order valence-electron chi connectivity index (χ0n) is 10.1. The second-order valence-electron chi connectivity index (χ2n) is 4.86. The van der Waals surface area contributed by atoms with Crippen molar-refractivity contribution in [3.05, 3.63) is 30.6 Å². The average molecular weight is 229 g/mol. The van der Waals surface area contributed by atoms with Crippen molar-refractivity contribution in [1.29, 1.82) is 0 Å². The minimum absolute atomic E-state index is 0.754. The normalized spacial score (nSPS) is 20.1. The zero-order valence-corrected chi connectivity index (χ0v) is 10.1. The molecule has 3 rings (SSSR count). The van der Waals surface area contributed by atoms with Gasteiger partial charge in [0.25, 0.3) is 0 Å². The van der Waals surface area contributed by atoms with Crippen LogP contribution in [0.1, 0.15) is 25.7 Å². The molecule has 1 aliphatic heterocycles. The Morgan fingerprint density at radius 3 is 3.18 bits per heavy atom. The van der Waals surface area contributed by atoms with Crippen LogP contribution in [0.25, 0.3) is 11.0 Å². The van der Waals surface area contributed by atoms with E-state index in [1.807, 2.05) is 12.4 Å². The lowest BCUT2D eigenvalue weighted by Crippen LogP contribution is -2.21. The summed E-state index contributed by atoms with van der Waals surface area (Å²) in [4.78, 5) is 4.42. The van der Waals surface area contributed by atoms with Gasteiger partial charge in [0.05, 0.1) is 17.4 Å². The van der Waals surface area contributed by atoms with E-state index in [2.05, 4.69) is 33.1 Å². The van der Waals surface area contributed by atoms with Crippen molar-refractivity contribution >= 4 is 11.0 Å². The van der Waals surface area contributed by atoms with E-state index < -0.39 is 0 Å². The van der Waals surface area contributed by atoms with Crippen LogP contribution in [0.5, 0.6) is 0 Å². The molecule has 0 bridgehead atoms. The second kappa shape index (κ2) is 4.88. The van der Waals surface area contributed by atoms with Gasteiger partial charge in [-0.3, -0.25) is 0 Å². The standard InChI is InChI=1S/C14H19N3/c1-2-8-14-13(7-1)16-11-17(14)10-4-6-12-5-3-9-15-12/h1-2,7-8,11-12,15H,3-6,9-10H2. The van der Waals surface area contributed by atoms with E-state index in [4.69, 9.17) is 0 Å². The van der Waals surface area contributed by atoms with Gasteiger partial charge in [-0.05, 0) is 44.4 Å². The van der Waals surface area contributed by atoms with Crippen LogP contribution in [0.4, 0.5) is 0 Å². The van der Waals surface area contributed by atoms with Gasteiger partial charge in [-0.15, -0.1) is 0 Å². The van der Waals surface area contributed by atoms with Crippen molar-refractivity contribution in [2.24, 2.45) is 0 Å². The largest absolute Gasteiger partial charge is 0.331 e. The molecular weight excluding hydrogens is 210 g/mol. The minimum atomic E-state index is 0.754. The Morgan fingerprint density at radius 1 is 1.35 bits per heavy atom. The molecule has 90 valence electrons. The lowest BCUT2D eigenvalue weighted by Gasteiger charge is -2.10. The summed E-state index contributed by atoms with van der Waals surface area (Å²) in [5.74, 6) is 0. The Bertz CT molecular complexity index is 483. The van der Waals surface area contributed by atoms with Crippen molar-refractivity contribution in [3.8, 4) is 0 Å². The second-order valence-corrected chi connectivity index (χ2v) is 4.86. The molecule has 0 spiro atoms. The summed E-state index contributed by atoms with van der Waals surface area (Å²) in [5, 5.41) is 3.55. The Kier molecular flexibility index (Phi) is 3.10. The number of aryl methyl sites for hydroxylation is 1. The van der Waals surface area contributed by atoms with Crippen molar-refractivity contribution in [2.75, 3.05) is 6.54 Å². The van der Waals surface area contributed by atoms with Gasteiger partial charge in [-0.1, -0.05) is 12.1 Å². The molecule has 1 saturated heterocycles. The molecule has 1 aromatic carbocycles. The number of nitrogens with zero attached hydrogens (tertiary/aromatic N) is 2. The van der Waals surface area contributed by atoms with Gasteiger partial charge >= 0.3 is 0 Å². The van der Waals surface area contributed by atoms with Gasteiger partial charge in [0.2, 0.25) is 0 Å². The molecule has 0 saturated carbocycles. The average Bonchev–Trinajstić information content (AvgIpc) is 2.99. The van der Waals surface area contributed by atoms with E-state index in [1.54, 1.807) is 0 Å². The SMILES string of the molecule is c1ccc2c(c1)ncn2CCCC1CCCN1. The first-order chi connectivity index (χ1) is 8.43. The van der Waals surface area contributed by atoms with Crippen LogP contribution >= 0.6 is 0 Å². The smallest absolute Gasteiger partial charge is 0.0958 e. The molecule has 1 aromatic heterocycles. The van der Waals surface area contributed by atoms with Crippen LogP contribution in [-0.2, 0) is 6.54 Å². The van der Waals surface area contributed by atoms with Crippen molar-refractivity contribution in [3.63, 3.8) is 0 Å². The van der Waals surface area contributed by atoms with Crippen LogP contribution in [-0.4, -0.2) is 22.1 Å². The molecule has 2 aromatic rings. The fraction of sp³-hybridized carbons (Fsp3) is 0.500. The molecule has 0 aliphatic carbocycles. The number of nitrogens with one attached hydrogen (secondary N) is 1. The number of para-hydroxylation sites is 2. The molecule has 1 atom stereocenters. The van der Waals surface area contributed by atoms with E-state index in [9.17, 15) is 0 Å². The molecular formula is C14H19N3. The van der Waals surface area contributed by atoms with E-state index in [0.717, 1.165) is 18.1 Å². The highest BCUT2D eigenvalue weighted by Crippen LogP contribution is 2.15. The molecule has 2 heterocycles. The van der Waals surface area contributed by atoms with Crippen LogP contribution in [0.15, 0.2) is 30.6 Å². The number of benzene rings is 1. The number of hydrogen-bond donors (Lipinski definition) is 1. The maximum atomic E-state index is 4.42. The summed E-state index contributed by atoms with van der Waals surface area (Å²) in [6, 6.07) is 9.10. The van der Waals surface area contributed by atoms with Crippen LogP contribution in [0.3, 0.4) is 0 Å². The number of hydrogen-bond acceptors (Lipinski definition) is 2. The summed E-state index contributed by atoms with van der Waals surface area (Å²) >= 11 is 0. The highest BCUT2D eigenvalue weighted by Gasteiger charge is 2.13. The molecule has 1 fully saturated rings. The minimum Gasteiger partial charge on any atom is -0.331 e. The molecule has 1 N–H and O–H groups in total. The topological polar surface area (TPSA) is 29.9 Å². The Hall–Kier alpha value is -1.35. The molecule has 3 heteroatoms. The van der Waals surface area contributed by atoms with Gasteiger partial charge in [-0.2, -0.15) is 0 Å². The Morgan fingerprint density at radius 2 is 2.29 bits per heavy atom. The van der Waals surface area contributed by atoms with Crippen molar-refractivity contribution in [2.45, 2.75) is 38.3 Å². The van der Waals surface area contributed by atoms with Gasteiger partial charge in [0, 0.05) is 12.6 Å². The predicted molar refractivity (Wildman–Crippen MR) is 70.0 cm³/mol. The number of fused-ring (bicyclic) bond motifs is 1. The van der Waals surface area contributed by atoms with E-state index >= 15 is 0 Å². The third-order valence-electron chi connectivity index (χ3n) is 3.64. The highest BCUT2D eigenvalue weighted by molar-refractivity contribution is 5.74. The van der Waals surface area contributed by atoms with Crippen molar-refractivity contribution < 1.29 is 0 Å². The molecule has 1 aliphatic rings.